The Bertz CT molecular complexity index is 336. The number of unbranched alkanes of at least 4 members (excludes halogenated alkanes) is 2. The number of carbonyl (C=O) groups is 1. The second-order valence-corrected chi connectivity index (χ2v) is 4.42. The van der Waals surface area contributed by atoms with Gasteiger partial charge in [-0.2, -0.15) is 0 Å². The van der Waals surface area contributed by atoms with Crippen LogP contribution in [0.1, 0.15) is 39.5 Å². The van der Waals surface area contributed by atoms with E-state index in [1.165, 1.54) is 42.4 Å². The second-order valence-electron chi connectivity index (χ2n) is 4.42. The zero-order valence-electron chi connectivity index (χ0n) is 9.51. The van der Waals surface area contributed by atoms with Crippen LogP contribution < -0.4 is 0 Å². The molecule has 2 heteroatoms. The highest BCUT2D eigenvalue weighted by Crippen LogP contribution is 2.44. The van der Waals surface area contributed by atoms with Crippen LogP contribution in [0.4, 0.5) is 0 Å². The molecule has 1 heterocycles. The number of allylic oxidation sites excluding steroid dienone is 1. The molecule has 0 radical (unpaired) electrons. The van der Waals surface area contributed by atoms with Gasteiger partial charge in [-0.3, -0.25) is 0 Å². The molecule has 0 fully saturated rings. The van der Waals surface area contributed by atoms with E-state index in [4.69, 9.17) is 4.74 Å². The average Bonchev–Trinajstić information content (AvgIpc) is 2.24. The van der Waals surface area contributed by atoms with Gasteiger partial charge in [0.05, 0.1) is 0 Å². The van der Waals surface area contributed by atoms with Crippen molar-refractivity contribution in [3.63, 3.8) is 0 Å². The fourth-order valence-corrected chi connectivity index (χ4v) is 2.47. The van der Waals surface area contributed by atoms with E-state index in [0.717, 1.165) is 0 Å². The summed E-state index contributed by atoms with van der Waals surface area (Å²) < 4.78 is 4.98. The number of hydrogen-bond acceptors (Lipinski definition) is 2. The number of fused-ring (bicyclic) bond motifs is 1. The van der Waals surface area contributed by atoms with Crippen molar-refractivity contribution < 1.29 is 9.53 Å². The largest absolute Gasteiger partial charge is 0.458 e. The van der Waals surface area contributed by atoms with Gasteiger partial charge in [-0.05, 0) is 24.5 Å². The van der Waals surface area contributed by atoms with E-state index in [1.807, 2.05) is 0 Å². The lowest BCUT2D eigenvalue weighted by atomic mass is 9.70. The highest BCUT2D eigenvalue weighted by atomic mass is 16.5. The summed E-state index contributed by atoms with van der Waals surface area (Å²) in [5, 5.41) is 0. The minimum atomic E-state index is -0.165. The van der Waals surface area contributed by atoms with Crippen LogP contribution in [-0.4, -0.2) is 12.6 Å². The Kier molecular flexibility index (Phi) is 2.94. The Morgan fingerprint density at radius 1 is 1.47 bits per heavy atom. The molecular weight excluding hydrogens is 188 g/mol. The summed E-state index contributed by atoms with van der Waals surface area (Å²) in [6.45, 7) is 4.88. The smallest absolute Gasteiger partial charge is 0.331 e. The monoisotopic (exact) mass is 206 g/mol. The first-order chi connectivity index (χ1) is 7.24. The first-order valence-electron chi connectivity index (χ1n) is 5.82. The molecule has 1 atom stereocenters. The van der Waals surface area contributed by atoms with Gasteiger partial charge in [0.25, 0.3) is 0 Å². The van der Waals surface area contributed by atoms with Gasteiger partial charge in [0.15, 0.2) is 0 Å². The normalized spacial score (nSPS) is 24.3. The number of esters is 1. The lowest BCUT2D eigenvalue weighted by Gasteiger charge is -2.37. The first kappa shape index (κ1) is 10.5. The molecule has 1 unspecified atom stereocenters. The molecule has 0 spiro atoms. The van der Waals surface area contributed by atoms with Crippen molar-refractivity contribution in [2.24, 2.45) is 5.92 Å². The van der Waals surface area contributed by atoms with Gasteiger partial charge in [0, 0.05) is 12.0 Å². The first-order valence-corrected chi connectivity index (χ1v) is 5.82. The van der Waals surface area contributed by atoms with Gasteiger partial charge in [0.2, 0.25) is 0 Å². The van der Waals surface area contributed by atoms with Crippen LogP contribution in [0.5, 0.6) is 0 Å². The Morgan fingerprint density at radius 3 is 3.00 bits per heavy atom. The molecule has 2 aliphatic rings. The number of hydrogen-bond donors (Lipinski definition) is 0. The lowest BCUT2D eigenvalue weighted by molar-refractivity contribution is -0.137. The summed E-state index contributed by atoms with van der Waals surface area (Å²) in [6, 6.07) is 0. The molecule has 2 rings (SSSR count). The third-order valence-corrected chi connectivity index (χ3v) is 3.45. The maximum Gasteiger partial charge on any atom is 0.331 e. The molecule has 15 heavy (non-hydrogen) atoms. The molecule has 1 aliphatic heterocycles. The molecule has 82 valence electrons. The van der Waals surface area contributed by atoms with Crippen molar-refractivity contribution in [2.45, 2.75) is 39.5 Å². The standard InChI is InChI=1S/C13H18O2/c1-3-4-5-6-10-9(2)12-8-15-13(14)7-11(10)12/h7,10H,3-6,8H2,1-2H3. The van der Waals surface area contributed by atoms with Crippen LogP contribution in [-0.2, 0) is 9.53 Å². The summed E-state index contributed by atoms with van der Waals surface area (Å²) in [5.41, 5.74) is 3.96. The van der Waals surface area contributed by atoms with Gasteiger partial charge >= 0.3 is 5.97 Å². The molecule has 0 aromatic rings. The molecule has 0 saturated heterocycles. The van der Waals surface area contributed by atoms with Gasteiger partial charge in [-0.25, -0.2) is 4.79 Å². The van der Waals surface area contributed by atoms with Crippen LogP contribution in [0.2, 0.25) is 0 Å². The Labute approximate surface area is 91.0 Å². The Hall–Kier alpha value is -1.05. The number of cyclic esters (lactones) is 1. The minimum Gasteiger partial charge on any atom is -0.458 e. The molecule has 0 aromatic heterocycles. The maximum atomic E-state index is 11.1. The van der Waals surface area contributed by atoms with Gasteiger partial charge in [0.1, 0.15) is 6.61 Å². The highest BCUT2D eigenvalue weighted by Gasteiger charge is 2.34. The summed E-state index contributed by atoms with van der Waals surface area (Å²) in [4.78, 5) is 11.1. The molecular formula is C13H18O2. The van der Waals surface area contributed by atoms with E-state index in [2.05, 4.69) is 13.8 Å². The lowest BCUT2D eigenvalue weighted by Crippen LogP contribution is -2.29. The predicted molar refractivity (Wildman–Crippen MR) is 59.4 cm³/mol. The van der Waals surface area contributed by atoms with E-state index in [0.29, 0.717) is 12.5 Å². The van der Waals surface area contributed by atoms with Gasteiger partial charge in [-0.1, -0.05) is 31.8 Å². The number of rotatable bonds is 4. The highest BCUT2D eigenvalue weighted by molar-refractivity contribution is 5.87. The summed E-state index contributed by atoms with van der Waals surface area (Å²) in [6.07, 6.45) is 6.68. The van der Waals surface area contributed by atoms with Crippen molar-refractivity contribution in [2.75, 3.05) is 6.61 Å². The van der Waals surface area contributed by atoms with E-state index < -0.39 is 0 Å². The van der Waals surface area contributed by atoms with Gasteiger partial charge < -0.3 is 4.74 Å². The fourth-order valence-electron chi connectivity index (χ4n) is 2.47. The maximum absolute atomic E-state index is 11.1. The second kappa shape index (κ2) is 4.21. The van der Waals surface area contributed by atoms with Crippen LogP contribution in [0.15, 0.2) is 22.8 Å². The predicted octanol–water partition coefficient (Wildman–Crippen LogP) is 3.00. The summed E-state index contributed by atoms with van der Waals surface area (Å²) >= 11 is 0. The Balaban J connectivity index is 2.01. The molecule has 0 saturated carbocycles. The summed E-state index contributed by atoms with van der Waals surface area (Å²) in [7, 11) is 0. The third kappa shape index (κ3) is 1.85. The zero-order valence-corrected chi connectivity index (χ0v) is 9.51. The van der Waals surface area contributed by atoms with E-state index >= 15 is 0 Å². The molecule has 0 N–H and O–H groups in total. The van der Waals surface area contributed by atoms with E-state index in [1.54, 1.807) is 6.08 Å². The number of ether oxygens (including phenoxy) is 1. The molecule has 2 nitrogen and oxygen atoms in total. The number of carbonyl (C=O) groups excluding carboxylic acids is 1. The van der Waals surface area contributed by atoms with Crippen LogP contribution >= 0.6 is 0 Å². The van der Waals surface area contributed by atoms with E-state index in [9.17, 15) is 4.79 Å². The summed E-state index contributed by atoms with van der Waals surface area (Å²) in [5.74, 6) is 0.376. The van der Waals surface area contributed by atoms with Crippen molar-refractivity contribution >= 4 is 5.97 Å². The van der Waals surface area contributed by atoms with Crippen molar-refractivity contribution in [3.05, 3.63) is 22.8 Å². The SMILES string of the molecule is CCCCCC1C2=CC(=O)OCC2=C1C. The Morgan fingerprint density at radius 2 is 2.27 bits per heavy atom. The minimum absolute atomic E-state index is 0.165. The van der Waals surface area contributed by atoms with Crippen LogP contribution in [0.25, 0.3) is 0 Å². The third-order valence-electron chi connectivity index (χ3n) is 3.45. The van der Waals surface area contributed by atoms with Crippen molar-refractivity contribution in [3.8, 4) is 0 Å². The molecule has 0 aromatic carbocycles. The zero-order chi connectivity index (χ0) is 10.8. The fraction of sp³-hybridized carbons (Fsp3) is 0.615. The van der Waals surface area contributed by atoms with Crippen LogP contribution in [0.3, 0.4) is 0 Å². The van der Waals surface area contributed by atoms with Crippen molar-refractivity contribution in [1.82, 2.24) is 0 Å². The van der Waals surface area contributed by atoms with E-state index in [-0.39, 0.29) is 5.97 Å². The molecule has 1 aliphatic carbocycles. The van der Waals surface area contributed by atoms with Crippen molar-refractivity contribution in [1.29, 1.82) is 0 Å². The molecule has 0 bridgehead atoms. The topological polar surface area (TPSA) is 26.3 Å². The molecule has 0 amide bonds. The quantitative estimate of drug-likeness (QED) is 0.522. The van der Waals surface area contributed by atoms with Crippen LogP contribution in [0, 0.1) is 5.92 Å². The average molecular weight is 206 g/mol. The van der Waals surface area contributed by atoms with Gasteiger partial charge in [-0.15, -0.1) is 0 Å².